The molecule has 0 aromatic carbocycles. The van der Waals surface area contributed by atoms with E-state index in [1.807, 2.05) is 16.9 Å². The molecule has 1 fully saturated rings. The minimum atomic E-state index is 0.193. The van der Waals surface area contributed by atoms with Crippen LogP contribution >= 0.6 is 0 Å². The van der Waals surface area contributed by atoms with Crippen LogP contribution in [0.5, 0.6) is 0 Å². The van der Waals surface area contributed by atoms with Crippen LogP contribution in [0.25, 0.3) is 0 Å². The molecule has 1 aliphatic carbocycles. The Kier molecular flexibility index (Phi) is 4.75. The predicted molar refractivity (Wildman–Crippen MR) is 70.0 cm³/mol. The Bertz CT molecular complexity index is 384. The fraction of sp³-hybridized carbons (Fsp3) is 0.692. The Hall–Kier alpha value is -1.36. The third-order valence-corrected chi connectivity index (χ3v) is 3.11. The maximum Gasteiger partial charge on any atom is 0.220 e. The van der Waals surface area contributed by atoms with Gasteiger partial charge in [-0.15, -0.1) is 0 Å². The normalized spacial score (nSPS) is 14.7. The Balaban J connectivity index is 1.54. The zero-order valence-corrected chi connectivity index (χ0v) is 11.0. The Labute approximate surface area is 108 Å². The molecule has 1 heterocycles. The summed E-state index contributed by atoms with van der Waals surface area (Å²) in [6.07, 6.45) is 5.65. The average molecular weight is 250 g/mol. The highest BCUT2D eigenvalue weighted by Gasteiger charge is 2.22. The smallest absolute Gasteiger partial charge is 0.220 e. The molecule has 2 N–H and O–H groups in total. The van der Waals surface area contributed by atoms with Gasteiger partial charge in [0.15, 0.2) is 0 Å². The number of carbonyl (C=O) groups excluding carboxylic acids is 1. The Morgan fingerprint density at radius 2 is 2.39 bits per heavy atom. The fourth-order valence-corrected chi connectivity index (χ4v) is 1.91. The van der Waals surface area contributed by atoms with E-state index in [0.717, 1.165) is 38.9 Å². The molecule has 0 aliphatic heterocycles. The molecule has 18 heavy (non-hydrogen) atoms. The van der Waals surface area contributed by atoms with E-state index in [1.165, 1.54) is 5.69 Å². The summed E-state index contributed by atoms with van der Waals surface area (Å²) in [5.41, 5.74) is 1.19. The second-order valence-corrected chi connectivity index (χ2v) is 4.76. The van der Waals surface area contributed by atoms with Crippen LogP contribution in [0.1, 0.15) is 38.3 Å². The number of nitrogens with one attached hydrogen (secondary N) is 2. The van der Waals surface area contributed by atoms with Crippen LogP contribution in [0.3, 0.4) is 0 Å². The van der Waals surface area contributed by atoms with E-state index in [-0.39, 0.29) is 5.91 Å². The lowest BCUT2D eigenvalue weighted by Crippen LogP contribution is -2.26. The molecule has 0 atom stereocenters. The van der Waals surface area contributed by atoms with E-state index in [1.54, 1.807) is 0 Å². The number of amides is 1. The van der Waals surface area contributed by atoms with Crippen LogP contribution in [0.2, 0.25) is 0 Å². The summed E-state index contributed by atoms with van der Waals surface area (Å²) in [7, 11) is 0. The van der Waals surface area contributed by atoms with Crippen LogP contribution < -0.4 is 10.6 Å². The molecular formula is C13H22N4O. The monoisotopic (exact) mass is 250 g/mol. The van der Waals surface area contributed by atoms with Crippen molar-refractivity contribution in [3.05, 3.63) is 18.0 Å². The average Bonchev–Trinajstić information content (AvgIpc) is 3.05. The molecule has 1 aromatic rings. The van der Waals surface area contributed by atoms with Crippen molar-refractivity contribution in [3.8, 4) is 0 Å². The van der Waals surface area contributed by atoms with E-state index in [2.05, 4.69) is 22.7 Å². The van der Waals surface area contributed by atoms with Crippen molar-refractivity contribution in [1.82, 2.24) is 20.4 Å². The SMILES string of the molecule is CCn1nccc1CNCCCC(=O)NC1CC1. The van der Waals surface area contributed by atoms with Gasteiger partial charge in [-0.25, -0.2) is 0 Å². The summed E-state index contributed by atoms with van der Waals surface area (Å²) >= 11 is 0. The molecule has 1 aromatic heterocycles. The van der Waals surface area contributed by atoms with E-state index in [0.29, 0.717) is 12.5 Å². The van der Waals surface area contributed by atoms with Crippen molar-refractivity contribution in [2.45, 2.75) is 51.7 Å². The van der Waals surface area contributed by atoms with Gasteiger partial charge in [-0.2, -0.15) is 5.10 Å². The molecule has 0 radical (unpaired) electrons. The molecule has 0 saturated heterocycles. The van der Waals surface area contributed by atoms with Crippen molar-refractivity contribution < 1.29 is 4.79 Å². The summed E-state index contributed by atoms with van der Waals surface area (Å²) < 4.78 is 1.98. The van der Waals surface area contributed by atoms with E-state index < -0.39 is 0 Å². The summed E-state index contributed by atoms with van der Waals surface area (Å²) in [5.74, 6) is 0.193. The maximum atomic E-state index is 11.4. The fourth-order valence-electron chi connectivity index (χ4n) is 1.91. The molecule has 1 aliphatic rings. The lowest BCUT2D eigenvalue weighted by molar-refractivity contribution is -0.121. The van der Waals surface area contributed by atoms with E-state index >= 15 is 0 Å². The first-order valence-corrected chi connectivity index (χ1v) is 6.80. The first kappa shape index (κ1) is 13.1. The van der Waals surface area contributed by atoms with Crippen molar-refractivity contribution >= 4 is 5.91 Å². The van der Waals surface area contributed by atoms with Gasteiger partial charge in [-0.05, 0) is 38.8 Å². The molecule has 5 nitrogen and oxygen atoms in total. The van der Waals surface area contributed by atoms with Crippen LogP contribution in [0.4, 0.5) is 0 Å². The molecule has 0 unspecified atom stereocenters. The van der Waals surface area contributed by atoms with Gasteiger partial charge in [0.2, 0.25) is 5.91 Å². The predicted octanol–water partition coefficient (Wildman–Crippen LogP) is 1.05. The molecule has 0 bridgehead atoms. The second-order valence-electron chi connectivity index (χ2n) is 4.76. The third kappa shape index (κ3) is 4.14. The molecular weight excluding hydrogens is 228 g/mol. The van der Waals surface area contributed by atoms with E-state index in [4.69, 9.17) is 0 Å². The molecule has 2 rings (SSSR count). The Morgan fingerprint density at radius 1 is 1.56 bits per heavy atom. The summed E-state index contributed by atoms with van der Waals surface area (Å²) in [4.78, 5) is 11.4. The number of nitrogens with zero attached hydrogens (tertiary/aromatic N) is 2. The number of aromatic nitrogens is 2. The summed E-state index contributed by atoms with van der Waals surface area (Å²) in [5, 5.41) is 10.6. The van der Waals surface area contributed by atoms with Crippen molar-refractivity contribution in [1.29, 1.82) is 0 Å². The number of rotatable bonds is 8. The van der Waals surface area contributed by atoms with Crippen LogP contribution in [-0.2, 0) is 17.9 Å². The van der Waals surface area contributed by atoms with Gasteiger partial charge < -0.3 is 10.6 Å². The largest absolute Gasteiger partial charge is 0.353 e. The van der Waals surface area contributed by atoms with E-state index in [9.17, 15) is 4.79 Å². The molecule has 100 valence electrons. The molecule has 0 spiro atoms. The Morgan fingerprint density at radius 3 is 3.11 bits per heavy atom. The first-order valence-electron chi connectivity index (χ1n) is 6.80. The number of aryl methyl sites for hydroxylation is 1. The first-order chi connectivity index (χ1) is 8.79. The van der Waals surface area contributed by atoms with Crippen molar-refractivity contribution in [3.63, 3.8) is 0 Å². The maximum absolute atomic E-state index is 11.4. The van der Waals surface area contributed by atoms with Gasteiger partial charge in [-0.3, -0.25) is 9.48 Å². The van der Waals surface area contributed by atoms with Crippen LogP contribution in [0, 0.1) is 0 Å². The van der Waals surface area contributed by atoms with Crippen molar-refractivity contribution in [2.24, 2.45) is 0 Å². The highest BCUT2D eigenvalue weighted by atomic mass is 16.1. The second kappa shape index (κ2) is 6.54. The molecule has 1 saturated carbocycles. The zero-order valence-electron chi connectivity index (χ0n) is 11.0. The van der Waals surface area contributed by atoms with Crippen molar-refractivity contribution in [2.75, 3.05) is 6.54 Å². The molecule has 5 heteroatoms. The lowest BCUT2D eigenvalue weighted by atomic mass is 10.3. The summed E-state index contributed by atoms with van der Waals surface area (Å²) in [6.45, 7) is 4.66. The zero-order chi connectivity index (χ0) is 12.8. The van der Waals surface area contributed by atoms with Gasteiger partial charge in [0, 0.05) is 31.7 Å². The summed E-state index contributed by atoms with van der Waals surface area (Å²) in [6, 6.07) is 2.50. The number of hydrogen-bond acceptors (Lipinski definition) is 3. The van der Waals surface area contributed by atoms with Gasteiger partial charge in [0.25, 0.3) is 0 Å². The minimum absolute atomic E-state index is 0.193. The highest BCUT2D eigenvalue weighted by molar-refractivity contribution is 5.76. The van der Waals surface area contributed by atoms with Gasteiger partial charge >= 0.3 is 0 Å². The van der Waals surface area contributed by atoms with Crippen LogP contribution in [0.15, 0.2) is 12.3 Å². The standard InChI is InChI=1S/C13H22N4O/c1-2-17-12(7-9-15-17)10-14-8-3-4-13(18)16-11-5-6-11/h7,9,11,14H,2-6,8,10H2,1H3,(H,16,18). The van der Waals surface area contributed by atoms with Gasteiger partial charge in [0.1, 0.15) is 0 Å². The quantitative estimate of drug-likeness (QED) is 0.678. The highest BCUT2D eigenvalue weighted by Crippen LogP contribution is 2.18. The van der Waals surface area contributed by atoms with Gasteiger partial charge in [0.05, 0.1) is 5.69 Å². The molecule has 1 amide bonds. The lowest BCUT2D eigenvalue weighted by Gasteiger charge is -2.07. The number of hydrogen-bond donors (Lipinski definition) is 2. The number of carbonyl (C=O) groups is 1. The minimum Gasteiger partial charge on any atom is -0.353 e. The van der Waals surface area contributed by atoms with Gasteiger partial charge in [-0.1, -0.05) is 0 Å². The topological polar surface area (TPSA) is 59.0 Å². The third-order valence-electron chi connectivity index (χ3n) is 3.11. The van der Waals surface area contributed by atoms with Crippen LogP contribution in [-0.4, -0.2) is 28.3 Å².